The van der Waals surface area contributed by atoms with Crippen LogP contribution in [0.3, 0.4) is 0 Å². The van der Waals surface area contributed by atoms with E-state index in [1.165, 1.54) is 7.11 Å². The first-order valence-corrected chi connectivity index (χ1v) is 12.7. The molecule has 0 saturated heterocycles. The van der Waals surface area contributed by atoms with Crippen molar-refractivity contribution in [3.8, 4) is 11.5 Å². The van der Waals surface area contributed by atoms with Gasteiger partial charge in [0.05, 0.1) is 16.9 Å². The van der Waals surface area contributed by atoms with Gasteiger partial charge < -0.3 is 25.8 Å². The third kappa shape index (κ3) is 8.03. The SMILES string of the molecule is CNc1sc(CCCCCNC(=O)COC)nc1C(N)=Nc1ccc(Oc2ccc(C)nc2)c(C)c1. The van der Waals surface area contributed by atoms with Crippen molar-refractivity contribution in [3.05, 3.63) is 58.5 Å². The molecular formula is C26H34N6O3S. The van der Waals surface area contributed by atoms with Gasteiger partial charge in [0.2, 0.25) is 5.91 Å². The van der Waals surface area contributed by atoms with Gasteiger partial charge in [-0.05, 0) is 69.0 Å². The van der Waals surface area contributed by atoms with Gasteiger partial charge in [-0.25, -0.2) is 9.98 Å². The molecule has 2 heterocycles. The summed E-state index contributed by atoms with van der Waals surface area (Å²) in [5.74, 6) is 1.70. The molecule has 1 amide bonds. The number of nitrogens with zero attached hydrogens (tertiary/aromatic N) is 3. The zero-order chi connectivity index (χ0) is 25.9. The molecule has 0 aliphatic carbocycles. The number of benzene rings is 1. The third-order valence-corrected chi connectivity index (χ3v) is 6.46. The number of hydrogen-bond acceptors (Lipinski definition) is 8. The minimum atomic E-state index is -0.0867. The van der Waals surface area contributed by atoms with Crippen LogP contribution in [0.5, 0.6) is 11.5 Å². The van der Waals surface area contributed by atoms with Crippen LogP contribution in [-0.2, 0) is 16.0 Å². The van der Waals surface area contributed by atoms with Crippen molar-refractivity contribution in [3.63, 3.8) is 0 Å². The van der Waals surface area contributed by atoms with Crippen molar-refractivity contribution in [2.75, 3.05) is 32.6 Å². The number of nitrogens with two attached hydrogens (primary N) is 1. The lowest BCUT2D eigenvalue weighted by Gasteiger charge is -2.09. The molecule has 0 aliphatic rings. The van der Waals surface area contributed by atoms with Gasteiger partial charge in [-0.1, -0.05) is 6.42 Å². The second kappa shape index (κ2) is 13.6. The highest BCUT2D eigenvalue weighted by Crippen LogP contribution is 2.30. The summed E-state index contributed by atoms with van der Waals surface area (Å²) in [6, 6.07) is 9.49. The molecule has 0 atom stereocenters. The molecule has 2 aromatic heterocycles. The molecule has 0 bridgehead atoms. The number of ether oxygens (including phenoxy) is 2. The summed E-state index contributed by atoms with van der Waals surface area (Å²) in [5, 5.41) is 7.91. The number of amides is 1. The molecule has 0 saturated carbocycles. The maximum Gasteiger partial charge on any atom is 0.245 e. The van der Waals surface area contributed by atoms with E-state index in [-0.39, 0.29) is 12.5 Å². The minimum Gasteiger partial charge on any atom is -0.455 e. The molecule has 0 spiro atoms. The Bertz CT molecular complexity index is 1180. The Kier molecular flexibility index (Phi) is 10.2. The van der Waals surface area contributed by atoms with E-state index in [0.717, 1.165) is 58.4 Å². The summed E-state index contributed by atoms with van der Waals surface area (Å²) in [6.07, 6.45) is 5.43. The molecule has 1 aromatic carbocycles. The second-order valence-electron chi connectivity index (χ2n) is 8.31. The van der Waals surface area contributed by atoms with E-state index in [1.807, 2.05) is 51.2 Å². The number of anilines is 1. The van der Waals surface area contributed by atoms with Crippen molar-refractivity contribution < 1.29 is 14.3 Å². The maximum atomic E-state index is 11.4. The highest BCUT2D eigenvalue weighted by atomic mass is 32.1. The third-order valence-electron chi connectivity index (χ3n) is 5.33. The molecular weight excluding hydrogens is 476 g/mol. The number of thiazole rings is 1. The summed E-state index contributed by atoms with van der Waals surface area (Å²) >= 11 is 1.59. The zero-order valence-corrected chi connectivity index (χ0v) is 22.1. The van der Waals surface area contributed by atoms with Crippen LogP contribution in [-0.4, -0.2) is 49.0 Å². The number of aliphatic imine (C=N–C) groups is 1. The number of carbonyl (C=O) groups is 1. The van der Waals surface area contributed by atoms with Crippen molar-refractivity contribution >= 4 is 33.8 Å². The second-order valence-corrected chi connectivity index (χ2v) is 9.40. The average Bonchev–Trinajstić information content (AvgIpc) is 3.28. The van der Waals surface area contributed by atoms with Crippen LogP contribution in [0.4, 0.5) is 10.7 Å². The number of carbonyl (C=O) groups excluding carboxylic acids is 1. The molecule has 4 N–H and O–H groups in total. The number of aryl methyl sites for hydroxylation is 3. The number of amidine groups is 1. The molecule has 0 aliphatic heterocycles. The highest BCUT2D eigenvalue weighted by molar-refractivity contribution is 7.16. The van der Waals surface area contributed by atoms with E-state index < -0.39 is 0 Å². The Morgan fingerprint density at radius 2 is 2.00 bits per heavy atom. The number of methoxy groups -OCH3 is 1. The number of rotatable bonds is 13. The molecule has 3 rings (SSSR count). The Morgan fingerprint density at radius 1 is 1.17 bits per heavy atom. The predicted molar refractivity (Wildman–Crippen MR) is 145 cm³/mol. The molecule has 0 unspecified atom stereocenters. The molecule has 36 heavy (non-hydrogen) atoms. The molecule has 0 fully saturated rings. The van der Waals surface area contributed by atoms with Crippen LogP contribution in [0.25, 0.3) is 0 Å². The van der Waals surface area contributed by atoms with Crippen LogP contribution >= 0.6 is 11.3 Å². The summed E-state index contributed by atoms with van der Waals surface area (Å²) in [5.41, 5.74) is 9.62. The molecule has 192 valence electrons. The zero-order valence-electron chi connectivity index (χ0n) is 21.3. The van der Waals surface area contributed by atoms with Gasteiger partial charge in [0.1, 0.15) is 28.8 Å². The standard InChI is InChI=1S/C26H34N6O3S/c1-17-14-19(10-12-21(17)35-20-11-9-18(2)30-15-20)31-25(27)24-26(28-3)36-23(32-24)8-6-5-7-13-29-22(33)16-34-4/h9-12,14-15,28H,5-8,13,16H2,1-4H3,(H2,27,31)(H,29,33). The Morgan fingerprint density at radius 3 is 2.69 bits per heavy atom. The van der Waals surface area contributed by atoms with E-state index in [0.29, 0.717) is 23.8 Å². The quantitative estimate of drug-likeness (QED) is 0.176. The summed E-state index contributed by atoms with van der Waals surface area (Å²) in [6.45, 7) is 4.65. The lowest BCUT2D eigenvalue weighted by Crippen LogP contribution is -2.27. The van der Waals surface area contributed by atoms with Gasteiger partial charge in [0.25, 0.3) is 0 Å². The van der Waals surface area contributed by atoms with E-state index >= 15 is 0 Å². The topological polar surface area (TPSA) is 124 Å². The van der Waals surface area contributed by atoms with Gasteiger partial charge in [0, 0.05) is 26.4 Å². The normalized spacial score (nSPS) is 11.4. The van der Waals surface area contributed by atoms with Crippen molar-refractivity contribution in [1.29, 1.82) is 0 Å². The van der Waals surface area contributed by atoms with Gasteiger partial charge in [-0.2, -0.15) is 0 Å². The maximum absolute atomic E-state index is 11.4. The number of unbranched alkanes of at least 4 members (excludes halogenated alkanes) is 2. The molecule has 0 radical (unpaired) electrons. The van der Waals surface area contributed by atoms with Crippen LogP contribution in [0.15, 0.2) is 41.5 Å². The molecule has 3 aromatic rings. The fourth-order valence-corrected chi connectivity index (χ4v) is 4.42. The van der Waals surface area contributed by atoms with Crippen molar-refractivity contribution in [2.24, 2.45) is 10.7 Å². The molecule has 9 nitrogen and oxygen atoms in total. The Balaban J connectivity index is 1.59. The first kappa shape index (κ1) is 27.1. The van der Waals surface area contributed by atoms with E-state index in [2.05, 4.69) is 20.6 Å². The van der Waals surface area contributed by atoms with Gasteiger partial charge >= 0.3 is 0 Å². The lowest BCUT2D eigenvalue weighted by atomic mass is 10.2. The van der Waals surface area contributed by atoms with E-state index in [1.54, 1.807) is 17.5 Å². The summed E-state index contributed by atoms with van der Waals surface area (Å²) in [4.78, 5) is 25.0. The lowest BCUT2D eigenvalue weighted by molar-refractivity contribution is -0.124. The minimum absolute atomic E-state index is 0.0867. The Labute approximate surface area is 216 Å². The van der Waals surface area contributed by atoms with Crippen LogP contribution in [0, 0.1) is 13.8 Å². The van der Waals surface area contributed by atoms with E-state index in [9.17, 15) is 4.79 Å². The van der Waals surface area contributed by atoms with Crippen molar-refractivity contribution in [1.82, 2.24) is 15.3 Å². The summed E-state index contributed by atoms with van der Waals surface area (Å²) < 4.78 is 10.7. The van der Waals surface area contributed by atoms with Crippen LogP contribution < -0.4 is 21.1 Å². The largest absolute Gasteiger partial charge is 0.455 e. The highest BCUT2D eigenvalue weighted by Gasteiger charge is 2.14. The van der Waals surface area contributed by atoms with Crippen LogP contribution in [0.1, 0.15) is 41.2 Å². The first-order chi connectivity index (χ1) is 17.4. The van der Waals surface area contributed by atoms with Crippen molar-refractivity contribution in [2.45, 2.75) is 39.5 Å². The number of pyridine rings is 1. The fraction of sp³-hybridized carbons (Fsp3) is 0.385. The average molecular weight is 511 g/mol. The number of aromatic nitrogens is 2. The first-order valence-electron chi connectivity index (χ1n) is 11.9. The Hall–Kier alpha value is -3.50. The smallest absolute Gasteiger partial charge is 0.245 e. The van der Waals surface area contributed by atoms with Gasteiger partial charge in [-0.15, -0.1) is 11.3 Å². The number of hydrogen-bond donors (Lipinski definition) is 3. The predicted octanol–water partition coefficient (Wildman–Crippen LogP) is 4.50. The number of nitrogens with one attached hydrogen (secondary N) is 2. The van der Waals surface area contributed by atoms with Crippen LogP contribution in [0.2, 0.25) is 0 Å². The molecule has 10 heteroatoms. The fourth-order valence-electron chi connectivity index (χ4n) is 3.45. The monoisotopic (exact) mass is 510 g/mol. The van der Waals surface area contributed by atoms with Gasteiger partial charge in [-0.3, -0.25) is 9.78 Å². The van der Waals surface area contributed by atoms with E-state index in [4.69, 9.17) is 20.2 Å². The summed E-state index contributed by atoms with van der Waals surface area (Å²) in [7, 11) is 3.36. The van der Waals surface area contributed by atoms with Gasteiger partial charge in [0.15, 0.2) is 5.84 Å².